The minimum atomic E-state index is -0.201. The van der Waals surface area contributed by atoms with E-state index in [1.54, 1.807) is 18.4 Å². The number of aryl methyl sites for hydroxylation is 1. The van der Waals surface area contributed by atoms with E-state index in [-0.39, 0.29) is 11.6 Å². The number of likely N-dealkylation sites (N-methyl/N-ethyl adjacent to an activating group) is 1. The SMILES string of the molecule is CNC(C)(c1nc(C)cs1)C(C)OC. The first-order valence-electron chi connectivity index (χ1n) is 4.69. The van der Waals surface area contributed by atoms with E-state index in [0.29, 0.717) is 0 Å². The molecule has 0 bridgehead atoms. The minimum absolute atomic E-state index is 0.0954. The van der Waals surface area contributed by atoms with Crippen LogP contribution >= 0.6 is 11.3 Å². The van der Waals surface area contributed by atoms with E-state index >= 15 is 0 Å². The highest BCUT2D eigenvalue weighted by molar-refractivity contribution is 7.09. The largest absolute Gasteiger partial charge is 0.379 e. The van der Waals surface area contributed by atoms with E-state index in [0.717, 1.165) is 10.7 Å². The van der Waals surface area contributed by atoms with E-state index < -0.39 is 0 Å². The van der Waals surface area contributed by atoms with Crippen LogP contribution in [0, 0.1) is 6.92 Å². The zero-order valence-corrected chi connectivity index (χ0v) is 10.2. The summed E-state index contributed by atoms with van der Waals surface area (Å²) in [5.74, 6) is 0. The van der Waals surface area contributed by atoms with Crippen LogP contribution in [0.4, 0.5) is 0 Å². The smallest absolute Gasteiger partial charge is 0.115 e. The Labute approximate surface area is 89.5 Å². The van der Waals surface area contributed by atoms with Gasteiger partial charge >= 0.3 is 0 Å². The maximum atomic E-state index is 5.37. The molecule has 1 aromatic heterocycles. The first kappa shape index (κ1) is 11.6. The molecule has 1 heterocycles. The molecule has 0 saturated heterocycles. The number of nitrogens with one attached hydrogen (secondary N) is 1. The van der Waals surface area contributed by atoms with Crippen LogP contribution < -0.4 is 5.32 Å². The highest BCUT2D eigenvalue weighted by Crippen LogP contribution is 2.28. The van der Waals surface area contributed by atoms with E-state index in [1.165, 1.54) is 0 Å². The number of aromatic nitrogens is 1. The van der Waals surface area contributed by atoms with Crippen LogP contribution in [0.15, 0.2) is 5.38 Å². The van der Waals surface area contributed by atoms with Crippen molar-refractivity contribution in [3.05, 3.63) is 16.1 Å². The summed E-state index contributed by atoms with van der Waals surface area (Å²) >= 11 is 1.67. The number of hydrogen-bond acceptors (Lipinski definition) is 4. The van der Waals surface area contributed by atoms with Crippen LogP contribution in [0.5, 0.6) is 0 Å². The average molecular weight is 214 g/mol. The molecule has 3 nitrogen and oxygen atoms in total. The Bertz CT molecular complexity index is 300. The van der Waals surface area contributed by atoms with Gasteiger partial charge in [-0.2, -0.15) is 0 Å². The van der Waals surface area contributed by atoms with Gasteiger partial charge in [0.25, 0.3) is 0 Å². The number of hydrogen-bond donors (Lipinski definition) is 1. The third kappa shape index (κ3) is 1.97. The van der Waals surface area contributed by atoms with E-state index in [1.807, 2.05) is 20.9 Å². The lowest BCUT2D eigenvalue weighted by Gasteiger charge is -2.32. The molecule has 0 fully saturated rings. The van der Waals surface area contributed by atoms with Crippen molar-refractivity contribution in [3.63, 3.8) is 0 Å². The molecule has 80 valence electrons. The van der Waals surface area contributed by atoms with E-state index in [9.17, 15) is 0 Å². The van der Waals surface area contributed by atoms with Gasteiger partial charge in [0.15, 0.2) is 0 Å². The van der Waals surface area contributed by atoms with Gasteiger partial charge in [0.1, 0.15) is 5.01 Å². The zero-order valence-electron chi connectivity index (χ0n) is 9.42. The summed E-state index contributed by atoms with van der Waals surface area (Å²) in [5, 5.41) is 6.42. The number of thiazole rings is 1. The standard InChI is InChI=1S/C10H18N2OS/c1-7-6-14-9(12-7)10(3,11-4)8(2)13-5/h6,8,11H,1-5H3. The summed E-state index contributed by atoms with van der Waals surface area (Å²) in [5.41, 5.74) is 0.864. The van der Waals surface area contributed by atoms with Crippen LogP contribution in [-0.4, -0.2) is 25.2 Å². The Balaban J connectivity index is 3.00. The first-order chi connectivity index (χ1) is 6.54. The molecule has 1 N–H and O–H groups in total. The van der Waals surface area contributed by atoms with Crippen molar-refractivity contribution < 1.29 is 4.74 Å². The van der Waals surface area contributed by atoms with Crippen LogP contribution in [0.25, 0.3) is 0 Å². The molecule has 0 saturated carbocycles. The second-order valence-corrected chi connectivity index (χ2v) is 4.48. The maximum Gasteiger partial charge on any atom is 0.115 e. The predicted molar refractivity (Wildman–Crippen MR) is 59.7 cm³/mol. The Hall–Kier alpha value is -0.450. The fraction of sp³-hybridized carbons (Fsp3) is 0.700. The molecule has 14 heavy (non-hydrogen) atoms. The Morgan fingerprint density at radius 2 is 2.29 bits per heavy atom. The van der Waals surface area contributed by atoms with Crippen molar-refractivity contribution in [3.8, 4) is 0 Å². The lowest BCUT2D eigenvalue weighted by Crippen LogP contribution is -2.47. The molecule has 0 spiro atoms. The fourth-order valence-corrected chi connectivity index (χ4v) is 2.36. The average Bonchev–Trinajstić information content (AvgIpc) is 2.62. The Kier molecular flexibility index (Phi) is 3.64. The number of rotatable bonds is 4. The fourth-order valence-electron chi connectivity index (χ4n) is 1.31. The van der Waals surface area contributed by atoms with Crippen LogP contribution in [0.2, 0.25) is 0 Å². The van der Waals surface area contributed by atoms with Crippen LogP contribution in [-0.2, 0) is 10.3 Å². The topological polar surface area (TPSA) is 34.2 Å². The molecule has 0 aromatic carbocycles. The molecule has 0 aliphatic rings. The monoisotopic (exact) mass is 214 g/mol. The van der Waals surface area contributed by atoms with Crippen molar-refractivity contribution in [2.75, 3.05) is 14.2 Å². The summed E-state index contributed by atoms with van der Waals surface area (Å²) in [6.45, 7) is 6.17. The quantitative estimate of drug-likeness (QED) is 0.831. The molecular weight excluding hydrogens is 196 g/mol. The third-order valence-corrected chi connectivity index (χ3v) is 3.95. The first-order valence-corrected chi connectivity index (χ1v) is 5.57. The van der Waals surface area contributed by atoms with Crippen molar-refractivity contribution >= 4 is 11.3 Å². The number of nitrogens with zero attached hydrogens (tertiary/aromatic N) is 1. The molecule has 0 aliphatic carbocycles. The normalized spacial score (nSPS) is 17.8. The van der Waals surface area contributed by atoms with Crippen molar-refractivity contribution in [1.29, 1.82) is 0 Å². The van der Waals surface area contributed by atoms with Crippen molar-refractivity contribution in [1.82, 2.24) is 10.3 Å². The maximum absolute atomic E-state index is 5.37. The summed E-state index contributed by atoms with van der Waals surface area (Å²) in [6, 6.07) is 0. The highest BCUT2D eigenvalue weighted by Gasteiger charge is 2.34. The number of ether oxygens (including phenoxy) is 1. The van der Waals surface area contributed by atoms with Gasteiger partial charge in [0.05, 0.1) is 11.6 Å². The van der Waals surface area contributed by atoms with Gasteiger partial charge in [0.2, 0.25) is 0 Å². The minimum Gasteiger partial charge on any atom is -0.379 e. The summed E-state index contributed by atoms with van der Waals surface area (Å²) in [7, 11) is 3.66. The summed E-state index contributed by atoms with van der Waals surface area (Å²) in [4.78, 5) is 4.50. The van der Waals surface area contributed by atoms with E-state index in [2.05, 4.69) is 22.6 Å². The molecule has 0 aliphatic heterocycles. The van der Waals surface area contributed by atoms with Gasteiger partial charge in [-0.25, -0.2) is 4.98 Å². The zero-order chi connectivity index (χ0) is 10.8. The summed E-state index contributed by atoms with van der Waals surface area (Å²) < 4.78 is 5.37. The van der Waals surface area contributed by atoms with Crippen LogP contribution in [0.1, 0.15) is 24.5 Å². The van der Waals surface area contributed by atoms with Gasteiger partial charge in [-0.1, -0.05) is 0 Å². The van der Waals surface area contributed by atoms with Gasteiger partial charge in [-0.3, -0.25) is 0 Å². The predicted octanol–water partition coefficient (Wildman–Crippen LogP) is 1.92. The molecule has 1 aromatic rings. The second-order valence-electron chi connectivity index (χ2n) is 3.62. The molecule has 2 unspecified atom stereocenters. The lowest BCUT2D eigenvalue weighted by atomic mass is 9.97. The molecule has 0 radical (unpaired) electrons. The van der Waals surface area contributed by atoms with Gasteiger partial charge in [-0.05, 0) is 27.8 Å². The van der Waals surface area contributed by atoms with Gasteiger partial charge in [0, 0.05) is 18.2 Å². The Morgan fingerprint density at radius 3 is 2.64 bits per heavy atom. The molecule has 2 atom stereocenters. The number of methoxy groups -OCH3 is 1. The van der Waals surface area contributed by atoms with Crippen molar-refractivity contribution in [2.45, 2.75) is 32.4 Å². The van der Waals surface area contributed by atoms with Gasteiger partial charge < -0.3 is 10.1 Å². The molecule has 4 heteroatoms. The molecule has 1 rings (SSSR count). The van der Waals surface area contributed by atoms with E-state index in [4.69, 9.17) is 4.74 Å². The molecular formula is C10H18N2OS. The third-order valence-electron chi connectivity index (χ3n) is 2.75. The summed E-state index contributed by atoms with van der Waals surface area (Å²) in [6.07, 6.45) is 0.0954. The second kappa shape index (κ2) is 4.38. The van der Waals surface area contributed by atoms with Crippen LogP contribution in [0.3, 0.4) is 0 Å². The van der Waals surface area contributed by atoms with Gasteiger partial charge in [-0.15, -0.1) is 11.3 Å². The molecule has 0 amide bonds. The lowest BCUT2D eigenvalue weighted by molar-refractivity contribution is 0.0399. The van der Waals surface area contributed by atoms with Crippen molar-refractivity contribution in [2.24, 2.45) is 0 Å². The Morgan fingerprint density at radius 1 is 1.64 bits per heavy atom. The highest BCUT2D eigenvalue weighted by atomic mass is 32.1.